The number of hydrogen-bond donors (Lipinski definition) is 1. The molecule has 1 N–H and O–H groups in total. The van der Waals surface area contributed by atoms with Crippen molar-refractivity contribution in [3.63, 3.8) is 0 Å². The Balaban J connectivity index is 1.30. The molecule has 2 saturated heterocycles. The second kappa shape index (κ2) is 10.1. The van der Waals surface area contributed by atoms with Crippen molar-refractivity contribution in [3.8, 4) is 0 Å². The fourth-order valence-corrected chi connectivity index (χ4v) is 4.86. The lowest BCUT2D eigenvalue weighted by Gasteiger charge is -2.40. The molecule has 0 aromatic carbocycles. The summed E-state index contributed by atoms with van der Waals surface area (Å²) in [6.07, 6.45) is 7.47. The quantitative estimate of drug-likeness (QED) is 0.745. The molecule has 0 bridgehead atoms. The van der Waals surface area contributed by atoms with Crippen LogP contribution in [0.1, 0.15) is 62.9 Å². The summed E-state index contributed by atoms with van der Waals surface area (Å²) in [4.78, 5) is 24.9. The van der Waals surface area contributed by atoms with Gasteiger partial charge in [-0.05, 0) is 76.6 Å². The van der Waals surface area contributed by atoms with E-state index >= 15 is 0 Å². The van der Waals surface area contributed by atoms with Crippen LogP contribution < -0.4 is 10.2 Å². The van der Waals surface area contributed by atoms with E-state index in [-0.39, 0.29) is 5.91 Å². The highest BCUT2D eigenvalue weighted by atomic mass is 16.1. The van der Waals surface area contributed by atoms with Gasteiger partial charge >= 0.3 is 0 Å². The number of hydrogen-bond acceptors (Lipinski definition) is 5. The lowest BCUT2D eigenvalue weighted by molar-refractivity contribution is 0.0906. The standard InChI is InChI=1S/C24H39N5O/c1-3-19(2)27-14-10-21(11-15-27)28-12-5-13-29(17-16-28)23-7-4-6-22(26-23)24(30)25-18-20-8-9-20/h4,6-7,19-21H,3,5,8-18H2,1-2H3,(H,25,30). The largest absolute Gasteiger partial charge is 0.355 e. The molecule has 1 aromatic heterocycles. The third-order valence-corrected chi connectivity index (χ3v) is 7.30. The SMILES string of the molecule is CCC(C)N1CCC(N2CCCN(c3cccc(C(=O)NCC4CC4)n3)CC2)CC1. The first kappa shape index (κ1) is 21.6. The van der Waals surface area contributed by atoms with E-state index in [2.05, 4.69) is 39.9 Å². The van der Waals surface area contributed by atoms with E-state index in [0.717, 1.165) is 44.5 Å². The summed E-state index contributed by atoms with van der Waals surface area (Å²) in [6.45, 7) is 12.2. The van der Waals surface area contributed by atoms with Crippen LogP contribution >= 0.6 is 0 Å². The smallest absolute Gasteiger partial charge is 0.269 e. The molecule has 1 unspecified atom stereocenters. The maximum atomic E-state index is 12.4. The van der Waals surface area contributed by atoms with Gasteiger partial charge in [-0.3, -0.25) is 9.69 Å². The van der Waals surface area contributed by atoms with Gasteiger partial charge in [0, 0.05) is 44.8 Å². The van der Waals surface area contributed by atoms with Crippen molar-refractivity contribution in [1.82, 2.24) is 20.1 Å². The van der Waals surface area contributed by atoms with Crippen molar-refractivity contribution in [1.29, 1.82) is 0 Å². The predicted molar refractivity (Wildman–Crippen MR) is 122 cm³/mol. The fraction of sp³-hybridized carbons (Fsp3) is 0.750. The summed E-state index contributed by atoms with van der Waals surface area (Å²) in [6, 6.07) is 7.30. The average Bonchev–Trinajstić information content (AvgIpc) is 3.64. The molecule has 3 fully saturated rings. The number of rotatable bonds is 7. The fourth-order valence-electron chi connectivity index (χ4n) is 4.86. The topological polar surface area (TPSA) is 51.7 Å². The number of amides is 1. The zero-order valence-electron chi connectivity index (χ0n) is 18.9. The van der Waals surface area contributed by atoms with Gasteiger partial charge in [0.15, 0.2) is 0 Å². The zero-order valence-corrected chi connectivity index (χ0v) is 18.9. The molecule has 2 aliphatic heterocycles. The van der Waals surface area contributed by atoms with Crippen molar-refractivity contribution >= 4 is 11.7 Å². The second-order valence-corrected chi connectivity index (χ2v) is 9.44. The van der Waals surface area contributed by atoms with E-state index in [9.17, 15) is 4.79 Å². The monoisotopic (exact) mass is 413 g/mol. The van der Waals surface area contributed by atoms with Gasteiger partial charge in [-0.1, -0.05) is 13.0 Å². The van der Waals surface area contributed by atoms with Gasteiger partial charge in [0.25, 0.3) is 5.91 Å². The van der Waals surface area contributed by atoms with Crippen LogP contribution in [0.4, 0.5) is 5.82 Å². The van der Waals surface area contributed by atoms with Crippen LogP contribution in [0.5, 0.6) is 0 Å². The van der Waals surface area contributed by atoms with Crippen LogP contribution in [0.25, 0.3) is 0 Å². The second-order valence-electron chi connectivity index (χ2n) is 9.44. The van der Waals surface area contributed by atoms with Gasteiger partial charge in [-0.15, -0.1) is 0 Å². The molecule has 0 radical (unpaired) electrons. The molecule has 166 valence electrons. The van der Waals surface area contributed by atoms with Gasteiger partial charge < -0.3 is 15.1 Å². The summed E-state index contributed by atoms with van der Waals surface area (Å²) in [5, 5.41) is 3.04. The minimum Gasteiger partial charge on any atom is -0.355 e. The van der Waals surface area contributed by atoms with Crippen LogP contribution in [-0.2, 0) is 0 Å². The molecule has 1 aromatic rings. The number of aromatic nitrogens is 1. The number of carbonyl (C=O) groups excluding carboxylic acids is 1. The number of carbonyl (C=O) groups is 1. The van der Waals surface area contributed by atoms with E-state index in [1.54, 1.807) is 0 Å². The molecule has 3 heterocycles. The van der Waals surface area contributed by atoms with Crippen molar-refractivity contribution in [2.45, 2.75) is 64.5 Å². The van der Waals surface area contributed by atoms with Gasteiger partial charge in [-0.2, -0.15) is 0 Å². The Morgan fingerprint density at radius 1 is 1.10 bits per heavy atom. The predicted octanol–water partition coefficient (Wildman–Crippen LogP) is 3.00. The Hall–Kier alpha value is -1.66. The van der Waals surface area contributed by atoms with Gasteiger partial charge in [0.1, 0.15) is 11.5 Å². The molecule has 3 aliphatic rings. The van der Waals surface area contributed by atoms with Crippen LogP contribution in [0, 0.1) is 5.92 Å². The molecular formula is C24H39N5O. The van der Waals surface area contributed by atoms with Gasteiger partial charge in [-0.25, -0.2) is 4.98 Å². The van der Waals surface area contributed by atoms with E-state index in [0.29, 0.717) is 17.7 Å². The molecule has 1 saturated carbocycles. The van der Waals surface area contributed by atoms with Crippen molar-refractivity contribution < 1.29 is 4.79 Å². The lowest BCUT2D eigenvalue weighted by Crippen LogP contribution is -2.48. The average molecular weight is 414 g/mol. The van der Waals surface area contributed by atoms with Crippen molar-refractivity contribution in [2.75, 3.05) is 50.7 Å². The Bertz CT molecular complexity index is 699. The van der Waals surface area contributed by atoms with Crippen molar-refractivity contribution in [3.05, 3.63) is 23.9 Å². The summed E-state index contributed by atoms with van der Waals surface area (Å²) in [5.41, 5.74) is 0.548. The summed E-state index contributed by atoms with van der Waals surface area (Å²) >= 11 is 0. The number of nitrogens with one attached hydrogen (secondary N) is 1. The highest BCUT2D eigenvalue weighted by Gasteiger charge is 2.28. The van der Waals surface area contributed by atoms with Crippen molar-refractivity contribution in [2.24, 2.45) is 5.92 Å². The van der Waals surface area contributed by atoms with Crippen LogP contribution in [-0.4, -0.2) is 78.6 Å². The first-order chi connectivity index (χ1) is 14.6. The first-order valence-corrected chi connectivity index (χ1v) is 12.1. The number of anilines is 1. The maximum Gasteiger partial charge on any atom is 0.269 e. The Morgan fingerprint density at radius 2 is 1.90 bits per heavy atom. The van der Waals surface area contributed by atoms with Crippen LogP contribution in [0.15, 0.2) is 18.2 Å². The summed E-state index contributed by atoms with van der Waals surface area (Å²) < 4.78 is 0. The normalized spacial score (nSPS) is 23.2. The molecule has 1 aliphatic carbocycles. The summed E-state index contributed by atoms with van der Waals surface area (Å²) in [5.74, 6) is 1.60. The highest BCUT2D eigenvalue weighted by Crippen LogP contribution is 2.27. The molecule has 1 atom stereocenters. The number of nitrogens with zero attached hydrogens (tertiary/aromatic N) is 4. The minimum atomic E-state index is -0.0340. The molecule has 6 heteroatoms. The van der Waals surface area contributed by atoms with Gasteiger partial charge in [0.2, 0.25) is 0 Å². The zero-order chi connectivity index (χ0) is 20.9. The molecule has 0 spiro atoms. The number of pyridine rings is 1. The van der Waals surface area contributed by atoms with E-state index in [1.165, 1.54) is 51.7 Å². The van der Waals surface area contributed by atoms with E-state index in [4.69, 9.17) is 4.98 Å². The van der Waals surface area contributed by atoms with Crippen LogP contribution in [0.2, 0.25) is 0 Å². The Morgan fingerprint density at radius 3 is 2.63 bits per heavy atom. The lowest BCUT2D eigenvalue weighted by atomic mass is 10.0. The third kappa shape index (κ3) is 5.52. The molecule has 1 amide bonds. The van der Waals surface area contributed by atoms with E-state index in [1.807, 2.05) is 12.1 Å². The van der Waals surface area contributed by atoms with Crippen LogP contribution in [0.3, 0.4) is 0 Å². The maximum absolute atomic E-state index is 12.4. The molecule has 4 rings (SSSR count). The molecule has 30 heavy (non-hydrogen) atoms. The molecular weight excluding hydrogens is 374 g/mol. The Labute approximate surface area is 182 Å². The Kier molecular flexibility index (Phi) is 7.26. The third-order valence-electron chi connectivity index (χ3n) is 7.30. The number of likely N-dealkylation sites (tertiary alicyclic amines) is 1. The summed E-state index contributed by atoms with van der Waals surface area (Å²) in [7, 11) is 0. The highest BCUT2D eigenvalue weighted by molar-refractivity contribution is 5.92. The van der Waals surface area contributed by atoms with E-state index < -0.39 is 0 Å². The van der Waals surface area contributed by atoms with Gasteiger partial charge in [0.05, 0.1) is 0 Å². The number of piperidine rings is 1. The first-order valence-electron chi connectivity index (χ1n) is 12.1. The minimum absolute atomic E-state index is 0.0340. The molecule has 6 nitrogen and oxygen atoms in total.